The first kappa shape index (κ1) is 20.0. The van der Waals surface area contributed by atoms with Gasteiger partial charge in [-0.1, -0.05) is 42.7 Å². The number of carbonyl (C=O) groups is 1. The number of rotatable bonds is 5. The molecule has 0 radical (unpaired) electrons. The number of fused-ring (bicyclic) bond motifs is 1. The fourth-order valence-corrected chi connectivity index (χ4v) is 5.12. The van der Waals surface area contributed by atoms with E-state index in [2.05, 4.69) is 41.8 Å². The molecule has 5 nitrogen and oxygen atoms in total. The summed E-state index contributed by atoms with van der Waals surface area (Å²) in [7, 11) is 0. The third-order valence-electron chi connectivity index (χ3n) is 5.89. The van der Waals surface area contributed by atoms with E-state index in [1.165, 1.54) is 54.6 Å². The number of aryl methyl sites for hydroxylation is 3. The standard InChI is InChI=1S/C23H29N3O2S/c1-5-28-22(27)20-16(4)26-21(24-18-9-7-6-8-10-18)19(25-23(26)29-20)17-12-11-14(2)15(3)13-17/h11-13,18,24H,5-10H2,1-4H3. The van der Waals surface area contributed by atoms with Crippen LogP contribution in [0.1, 0.15) is 65.5 Å². The van der Waals surface area contributed by atoms with Crippen molar-refractivity contribution in [2.24, 2.45) is 0 Å². The molecule has 2 heterocycles. The lowest BCUT2D eigenvalue weighted by Crippen LogP contribution is -2.23. The molecule has 1 fully saturated rings. The van der Waals surface area contributed by atoms with E-state index in [0.29, 0.717) is 17.5 Å². The molecule has 4 rings (SSSR count). The summed E-state index contributed by atoms with van der Waals surface area (Å²) in [4.78, 5) is 18.8. The molecule has 1 aliphatic rings. The van der Waals surface area contributed by atoms with E-state index >= 15 is 0 Å². The number of imidazole rings is 1. The molecule has 0 atom stereocenters. The van der Waals surface area contributed by atoms with Gasteiger partial charge in [-0.25, -0.2) is 9.78 Å². The van der Waals surface area contributed by atoms with Crippen LogP contribution < -0.4 is 5.32 Å². The summed E-state index contributed by atoms with van der Waals surface area (Å²) in [5.74, 6) is 0.733. The quantitative estimate of drug-likeness (QED) is 0.530. The molecule has 0 bridgehead atoms. The number of ether oxygens (including phenoxy) is 1. The van der Waals surface area contributed by atoms with E-state index in [1.807, 2.05) is 13.8 Å². The fourth-order valence-electron chi connectivity index (χ4n) is 4.10. The zero-order valence-electron chi connectivity index (χ0n) is 17.7. The number of nitrogens with zero attached hydrogens (tertiary/aromatic N) is 2. The van der Waals surface area contributed by atoms with Gasteiger partial charge in [-0.15, -0.1) is 0 Å². The zero-order chi connectivity index (χ0) is 20.5. The Hall–Kier alpha value is -2.34. The largest absolute Gasteiger partial charge is 0.462 e. The molecule has 0 unspecified atom stereocenters. The van der Waals surface area contributed by atoms with Crippen molar-refractivity contribution in [3.05, 3.63) is 39.9 Å². The molecular formula is C23H29N3O2S. The first-order valence-electron chi connectivity index (χ1n) is 10.5. The summed E-state index contributed by atoms with van der Waals surface area (Å²) in [5, 5.41) is 3.79. The van der Waals surface area contributed by atoms with Crippen molar-refractivity contribution in [3.8, 4) is 11.3 Å². The normalized spacial score (nSPS) is 15.0. The highest BCUT2D eigenvalue weighted by atomic mass is 32.1. The maximum Gasteiger partial charge on any atom is 0.350 e. The molecule has 3 aromatic rings. The molecule has 0 amide bonds. The Bertz CT molecular complexity index is 1040. The van der Waals surface area contributed by atoms with Crippen LogP contribution in [0.25, 0.3) is 16.2 Å². The number of hydrogen-bond acceptors (Lipinski definition) is 5. The van der Waals surface area contributed by atoms with Crippen molar-refractivity contribution in [3.63, 3.8) is 0 Å². The van der Waals surface area contributed by atoms with E-state index in [9.17, 15) is 4.79 Å². The molecular weight excluding hydrogens is 382 g/mol. The van der Waals surface area contributed by atoms with Gasteiger partial charge in [0, 0.05) is 17.3 Å². The predicted octanol–water partition coefficient (Wildman–Crippen LogP) is 5.91. The fraction of sp³-hybridized carbons (Fsp3) is 0.478. The maximum absolute atomic E-state index is 12.4. The smallest absolute Gasteiger partial charge is 0.350 e. The summed E-state index contributed by atoms with van der Waals surface area (Å²) in [5.41, 5.74) is 5.50. The van der Waals surface area contributed by atoms with Crippen LogP contribution in [0.3, 0.4) is 0 Å². The van der Waals surface area contributed by atoms with E-state index in [1.54, 1.807) is 0 Å². The molecule has 1 N–H and O–H groups in total. The number of carbonyl (C=O) groups excluding carboxylic acids is 1. The summed E-state index contributed by atoms with van der Waals surface area (Å²) in [6.45, 7) is 8.45. The number of aromatic nitrogens is 2. The van der Waals surface area contributed by atoms with Gasteiger partial charge in [0.2, 0.25) is 0 Å². The van der Waals surface area contributed by atoms with Crippen LogP contribution in [0, 0.1) is 20.8 Å². The monoisotopic (exact) mass is 411 g/mol. The Kier molecular flexibility index (Phi) is 5.63. The van der Waals surface area contributed by atoms with E-state index < -0.39 is 0 Å². The van der Waals surface area contributed by atoms with Crippen LogP contribution in [0.4, 0.5) is 5.82 Å². The van der Waals surface area contributed by atoms with Crippen LogP contribution in [-0.4, -0.2) is 28.0 Å². The summed E-state index contributed by atoms with van der Waals surface area (Å²) < 4.78 is 7.36. The lowest BCUT2D eigenvalue weighted by atomic mass is 9.95. The number of esters is 1. The van der Waals surface area contributed by atoms with Gasteiger partial charge in [0.15, 0.2) is 4.96 Å². The Labute approximate surface area is 176 Å². The highest BCUT2D eigenvalue weighted by molar-refractivity contribution is 7.19. The predicted molar refractivity (Wildman–Crippen MR) is 119 cm³/mol. The van der Waals surface area contributed by atoms with Gasteiger partial charge in [0.25, 0.3) is 0 Å². The van der Waals surface area contributed by atoms with Crippen molar-refractivity contribution in [2.75, 3.05) is 11.9 Å². The van der Waals surface area contributed by atoms with Crippen molar-refractivity contribution >= 4 is 28.1 Å². The Balaban J connectivity index is 1.84. The highest BCUT2D eigenvalue weighted by Crippen LogP contribution is 2.37. The second-order valence-electron chi connectivity index (χ2n) is 7.94. The number of anilines is 1. The minimum Gasteiger partial charge on any atom is -0.462 e. The number of nitrogens with one attached hydrogen (secondary N) is 1. The number of benzene rings is 1. The zero-order valence-corrected chi connectivity index (χ0v) is 18.5. The van der Waals surface area contributed by atoms with Crippen molar-refractivity contribution in [1.29, 1.82) is 0 Å². The van der Waals surface area contributed by atoms with E-state index in [0.717, 1.165) is 27.7 Å². The van der Waals surface area contributed by atoms with Gasteiger partial charge in [0.05, 0.1) is 6.61 Å². The minimum atomic E-state index is -0.267. The van der Waals surface area contributed by atoms with Gasteiger partial charge < -0.3 is 10.1 Å². The van der Waals surface area contributed by atoms with Gasteiger partial charge >= 0.3 is 5.97 Å². The molecule has 0 aliphatic heterocycles. The molecule has 1 aliphatic carbocycles. The molecule has 0 spiro atoms. The van der Waals surface area contributed by atoms with Crippen LogP contribution >= 0.6 is 11.3 Å². The number of thiazole rings is 1. The van der Waals surface area contributed by atoms with Crippen LogP contribution in [0.2, 0.25) is 0 Å². The lowest BCUT2D eigenvalue weighted by Gasteiger charge is -2.24. The Morgan fingerprint density at radius 1 is 1.21 bits per heavy atom. The van der Waals surface area contributed by atoms with Crippen LogP contribution in [0.5, 0.6) is 0 Å². The Morgan fingerprint density at radius 2 is 1.97 bits per heavy atom. The second kappa shape index (κ2) is 8.19. The molecule has 1 aromatic carbocycles. The first-order chi connectivity index (χ1) is 14.0. The third-order valence-corrected chi connectivity index (χ3v) is 7.01. The Morgan fingerprint density at radius 3 is 2.66 bits per heavy atom. The SMILES string of the molecule is CCOC(=O)c1sc2nc(-c3ccc(C)c(C)c3)c(NC3CCCCC3)n2c1C. The van der Waals surface area contributed by atoms with Gasteiger partial charge in [-0.05, 0) is 57.7 Å². The summed E-state index contributed by atoms with van der Waals surface area (Å²) in [6, 6.07) is 6.94. The van der Waals surface area contributed by atoms with E-state index in [-0.39, 0.29) is 5.97 Å². The van der Waals surface area contributed by atoms with Gasteiger partial charge in [-0.3, -0.25) is 4.40 Å². The molecule has 6 heteroatoms. The third kappa shape index (κ3) is 3.78. The lowest BCUT2D eigenvalue weighted by molar-refractivity contribution is 0.0531. The van der Waals surface area contributed by atoms with Gasteiger partial charge in [0.1, 0.15) is 16.4 Å². The molecule has 29 heavy (non-hydrogen) atoms. The summed E-state index contributed by atoms with van der Waals surface area (Å²) in [6.07, 6.45) is 6.18. The van der Waals surface area contributed by atoms with Crippen molar-refractivity contribution in [1.82, 2.24) is 9.38 Å². The van der Waals surface area contributed by atoms with Crippen LogP contribution in [0.15, 0.2) is 18.2 Å². The van der Waals surface area contributed by atoms with Gasteiger partial charge in [-0.2, -0.15) is 0 Å². The first-order valence-corrected chi connectivity index (χ1v) is 11.3. The maximum atomic E-state index is 12.4. The van der Waals surface area contributed by atoms with Crippen molar-refractivity contribution in [2.45, 2.75) is 65.8 Å². The highest BCUT2D eigenvalue weighted by Gasteiger charge is 2.25. The summed E-state index contributed by atoms with van der Waals surface area (Å²) >= 11 is 1.41. The minimum absolute atomic E-state index is 0.267. The number of hydrogen-bond donors (Lipinski definition) is 1. The molecule has 0 saturated heterocycles. The second-order valence-corrected chi connectivity index (χ2v) is 8.92. The van der Waals surface area contributed by atoms with Crippen molar-refractivity contribution < 1.29 is 9.53 Å². The molecule has 154 valence electrons. The average molecular weight is 412 g/mol. The topological polar surface area (TPSA) is 55.6 Å². The molecule has 1 saturated carbocycles. The van der Waals surface area contributed by atoms with E-state index in [4.69, 9.17) is 9.72 Å². The van der Waals surface area contributed by atoms with Crippen LogP contribution in [-0.2, 0) is 4.74 Å². The average Bonchev–Trinajstić information content (AvgIpc) is 3.22. The molecule has 2 aromatic heterocycles.